The van der Waals surface area contributed by atoms with Crippen LogP contribution in [0.4, 0.5) is 0 Å². The van der Waals surface area contributed by atoms with E-state index < -0.39 is 0 Å². The monoisotopic (exact) mass is 281 g/mol. The predicted octanol–water partition coefficient (Wildman–Crippen LogP) is 3.48. The molecule has 1 nitrogen and oxygen atoms in total. The van der Waals surface area contributed by atoms with E-state index in [0.717, 1.165) is 11.4 Å². The van der Waals surface area contributed by atoms with E-state index in [4.69, 9.17) is 0 Å². The third-order valence-electron chi connectivity index (χ3n) is 3.19. The van der Waals surface area contributed by atoms with Crippen molar-refractivity contribution < 1.29 is 0 Å². The summed E-state index contributed by atoms with van der Waals surface area (Å²) in [7, 11) is 0. The summed E-state index contributed by atoms with van der Waals surface area (Å²) in [4.78, 5) is 2.64. The minimum Gasteiger partial charge on any atom is -0.300 e. The van der Waals surface area contributed by atoms with Crippen LogP contribution in [-0.4, -0.2) is 29.4 Å². The number of alkyl halides is 1. The van der Waals surface area contributed by atoms with Crippen molar-refractivity contribution in [2.45, 2.75) is 31.7 Å². The summed E-state index contributed by atoms with van der Waals surface area (Å²) >= 11 is 3.54. The fourth-order valence-electron chi connectivity index (χ4n) is 2.16. The average Bonchev–Trinajstić information content (AvgIpc) is 3.13. The quantitative estimate of drug-likeness (QED) is 0.692. The second-order valence-corrected chi connectivity index (χ2v) is 5.34. The number of halogens is 1. The molecule has 0 N–H and O–H groups in total. The second-order valence-electron chi connectivity index (χ2n) is 4.55. The first-order valence-electron chi connectivity index (χ1n) is 6.24. The second kappa shape index (κ2) is 6.41. The smallest absolute Gasteiger partial charge is 0.0159 e. The molecule has 0 bridgehead atoms. The Morgan fingerprint density at radius 3 is 2.50 bits per heavy atom. The Morgan fingerprint density at radius 1 is 1.12 bits per heavy atom. The highest BCUT2D eigenvalue weighted by atomic mass is 79.9. The lowest BCUT2D eigenvalue weighted by Crippen LogP contribution is -2.29. The van der Waals surface area contributed by atoms with Crippen molar-refractivity contribution in [1.82, 2.24) is 4.90 Å². The standard InChI is InChI=1S/C14H20BrN/c15-10-12-16(14-8-9-14)11-4-7-13-5-2-1-3-6-13/h1-3,5-6,14H,4,7-12H2. The first kappa shape index (κ1) is 12.1. The van der Waals surface area contributed by atoms with Gasteiger partial charge in [0.1, 0.15) is 0 Å². The average molecular weight is 282 g/mol. The Morgan fingerprint density at radius 2 is 1.88 bits per heavy atom. The molecule has 1 fully saturated rings. The summed E-state index contributed by atoms with van der Waals surface area (Å²) in [6, 6.07) is 11.7. The zero-order valence-corrected chi connectivity index (χ0v) is 11.3. The van der Waals surface area contributed by atoms with Gasteiger partial charge in [0.25, 0.3) is 0 Å². The van der Waals surface area contributed by atoms with Gasteiger partial charge in [0.2, 0.25) is 0 Å². The summed E-state index contributed by atoms with van der Waals surface area (Å²) in [5.74, 6) is 0. The van der Waals surface area contributed by atoms with Crippen molar-refractivity contribution >= 4 is 15.9 Å². The minimum atomic E-state index is 0.897. The SMILES string of the molecule is BrCCN(CCCc1ccccc1)C1CC1. The molecule has 0 heterocycles. The highest BCUT2D eigenvalue weighted by Gasteiger charge is 2.27. The molecule has 0 spiro atoms. The van der Waals surface area contributed by atoms with Crippen LogP contribution in [0.15, 0.2) is 30.3 Å². The lowest BCUT2D eigenvalue weighted by Gasteiger charge is -2.20. The summed E-state index contributed by atoms with van der Waals surface area (Å²) in [5, 5.41) is 1.11. The maximum absolute atomic E-state index is 3.54. The zero-order chi connectivity index (χ0) is 11.2. The molecule has 0 unspecified atom stereocenters. The molecule has 0 atom stereocenters. The third-order valence-corrected chi connectivity index (χ3v) is 3.54. The van der Waals surface area contributed by atoms with Crippen LogP contribution in [0.3, 0.4) is 0 Å². The van der Waals surface area contributed by atoms with E-state index in [1.165, 1.54) is 44.3 Å². The van der Waals surface area contributed by atoms with Crippen LogP contribution < -0.4 is 0 Å². The van der Waals surface area contributed by atoms with Crippen molar-refractivity contribution in [2.75, 3.05) is 18.4 Å². The summed E-state index contributed by atoms with van der Waals surface area (Å²) in [6.45, 7) is 2.46. The van der Waals surface area contributed by atoms with Crippen LogP contribution in [0.1, 0.15) is 24.8 Å². The Kier molecular flexibility index (Phi) is 4.86. The van der Waals surface area contributed by atoms with Crippen LogP contribution in [0, 0.1) is 0 Å². The molecular weight excluding hydrogens is 262 g/mol. The van der Waals surface area contributed by atoms with Crippen LogP contribution in [-0.2, 0) is 6.42 Å². The van der Waals surface area contributed by atoms with Gasteiger partial charge in [-0.15, -0.1) is 0 Å². The molecule has 0 aromatic heterocycles. The van der Waals surface area contributed by atoms with E-state index in [2.05, 4.69) is 51.2 Å². The first-order valence-corrected chi connectivity index (χ1v) is 7.36. The molecule has 0 radical (unpaired) electrons. The van der Waals surface area contributed by atoms with Crippen molar-refractivity contribution in [3.63, 3.8) is 0 Å². The van der Waals surface area contributed by atoms with Gasteiger partial charge in [0.05, 0.1) is 0 Å². The van der Waals surface area contributed by atoms with E-state index in [-0.39, 0.29) is 0 Å². The van der Waals surface area contributed by atoms with Gasteiger partial charge in [-0.1, -0.05) is 46.3 Å². The Labute approximate surface area is 107 Å². The van der Waals surface area contributed by atoms with Gasteiger partial charge in [-0.2, -0.15) is 0 Å². The largest absolute Gasteiger partial charge is 0.300 e. The fourth-order valence-corrected chi connectivity index (χ4v) is 2.61. The molecule has 0 aliphatic heterocycles. The van der Waals surface area contributed by atoms with Gasteiger partial charge in [0.15, 0.2) is 0 Å². The molecule has 1 aromatic rings. The third kappa shape index (κ3) is 3.91. The zero-order valence-electron chi connectivity index (χ0n) is 9.74. The Hall–Kier alpha value is -0.340. The van der Waals surface area contributed by atoms with Crippen LogP contribution in [0.25, 0.3) is 0 Å². The predicted molar refractivity (Wildman–Crippen MR) is 73.2 cm³/mol. The molecule has 1 saturated carbocycles. The van der Waals surface area contributed by atoms with Crippen molar-refractivity contribution in [1.29, 1.82) is 0 Å². The molecular formula is C14H20BrN. The minimum absolute atomic E-state index is 0.897. The number of nitrogens with zero attached hydrogens (tertiary/aromatic N) is 1. The van der Waals surface area contributed by atoms with Crippen LogP contribution in [0.5, 0.6) is 0 Å². The Bertz CT molecular complexity index is 295. The number of hydrogen-bond donors (Lipinski definition) is 0. The van der Waals surface area contributed by atoms with E-state index in [1.54, 1.807) is 0 Å². The maximum atomic E-state index is 3.54. The topological polar surface area (TPSA) is 3.24 Å². The molecule has 0 saturated heterocycles. The fraction of sp³-hybridized carbons (Fsp3) is 0.571. The lowest BCUT2D eigenvalue weighted by molar-refractivity contribution is 0.277. The van der Waals surface area contributed by atoms with E-state index in [1.807, 2.05) is 0 Å². The number of rotatable bonds is 7. The number of hydrogen-bond acceptors (Lipinski definition) is 1. The molecule has 88 valence electrons. The van der Waals surface area contributed by atoms with Gasteiger partial charge in [-0.3, -0.25) is 4.90 Å². The molecule has 16 heavy (non-hydrogen) atoms. The normalized spacial score (nSPS) is 15.6. The van der Waals surface area contributed by atoms with Gasteiger partial charge in [-0.25, -0.2) is 0 Å². The van der Waals surface area contributed by atoms with Crippen molar-refractivity contribution in [3.8, 4) is 0 Å². The highest BCUT2D eigenvalue weighted by Crippen LogP contribution is 2.26. The number of benzene rings is 1. The molecule has 1 aromatic carbocycles. The van der Waals surface area contributed by atoms with E-state index in [9.17, 15) is 0 Å². The van der Waals surface area contributed by atoms with Gasteiger partial charge < -0.3 is 0 Å². The maximum Gasteiger partial charge on any atom is 0.0159 e. The number of aryl methyl sites for hydroxylation is 1. The van der Waals surface area contributed by atoms with Crippen molar-refractivity contribution in [2.24, 2.45) is 0 Å². The molecule has 1 aliphatic rings. The molecule has 2 rings (SSSR count). The molecule has 1 aliphatic carbocycles. The van der Waals surface area contributed by atoms with Crippen molar-refractivity contribution in [3.05, 3.63) is 35.9 Å². The highest BCUT2D eigenvalue weighted by molar-refractivity contribution is 9.09. The van der Waals surface area contributed by atoms with Crippen LogP contribution in [0.2, 0.25) is 0 Å². The summed E-state index contributed by atoms with van der Waals surface area (Å²) in [5.41, 5.74) is 1.47. The Balaban J connectivity index is 1.70. The molecule has 0 amide bonds. The van der Waals surface area contributed by atoms with E-state index in [0.29, 0.717) is 0 Å². The lowest BCUT2D eigenvalue weighted by atomic mass is 10.1. The summed E-state index contributed by atoms with van der Waals surface area (Å²) in [6.07, 6.45) is 5.33. The van der Waals surface area contributed by atoms with Crippen LogP contribution >= 0.6 is 15.9 Å². The van der Waals surface area contributed by atoms with Gasteiger partial charge >= 0.3 is 0 Å². The van der Waals surface area contributed by atoms with E-state index >= 15 is 0 Å². The summed E-state index contributed by atoms with van der Waals surface area (Å²) < 4.78 is 0. The van der Waals surface area contributed by atoms with Gasteiger partial charge in [-0.05, 0) is 37.8 Å². The molecule has 2 heteroatoms. The first-order chi connectivity index (χ1) is 7.90. The van der Waals surface area contributed by atoms with Gasteiger partial charge in [0, 0.05) is 17.9 Å².